The van der Waals surface area contributed by atoms with Crippen LogP contribution < -0.4 is 10.1 Å². The van der Waals surface area contributed by atoms with Gasteiger partial charge in [-0.2, -0.15) is 0 Å². The number of nitrogens with one attached hydrogen (secondary N) is 1. The Kier molecular flexibility index (Phi) is 10.1. The Morgan fingerprint density at radius 2 is 1.66 bits per heavy atom. The monoisotopic (exact) mass is 765 g/mol. The fraction of sp³-hybridized carbons (Fsp3) is 0.333. The first-order valence-corrected chi connectivity index (χ1v) is 16.2. The number of hydrogen-bond acceptors (Lipinski definition) is 7. The first-order valence-electron chi connectivity index (χ1n) is 13.5. The van der Waals surface area contributed by atoms with Crippen molar-refractivity contribution in [2.75, 3.05) is 20.3 Å². The van der Waals surface area contributed by atoms with Crippen molar-refractivity contribution in [3.05, 3.63) is 75.6 Å². The van der Waals surface area contributed by atoms with E-state index < -0.39 is 11.6 Å². The van der Waals surface area contributed by atoms with Crippen LogP contribution in [0, 0.1) is 0 Å². The first kappa shape index (κ1) is 33.3. The van der Waals surface area contributed by atoms with Crippen LogP contribution in [0.3, 0.4) is 0 Å². The van der Waals surface area contributed by atoms with Crippen LogP contribution >= 0.6 is 73.9 Å². The summed E-state index contributed by atoms with van der Waals surface area (Å²) in [7, 11) is 1.67. The van der Waals surface area contributed by atoms with Crippen LogP contribution in [0.2, 0.25) is 25.1 Å². The molecule has 1 atom stereocenters. The molecule has 3 aromatic rings. The SMILES string of the molecule is COCCCCCCNC(=O)CCc1cc2c(c(Cl)c1O)Oc1cc(O)c(Br)cc1C21OC(=O)c2c(Cl)c(Cl)c(Cl)c(Cl)c21. The first-order chi connectivity index (χ1) is 20.9. The Hall–Kier alpha value is -2.11. The third-order valence-corrected chi connectivity index (χ3v) is 10.4. The van der Waals surface area contributed by atoms with E-state index in [0.29, 0.717) is 18.7 Å². The van der Waals surface area contributed by atoms with Crippen LogP contribution in [0.25, 0.3) is 0 Å². The van der Waals surface area contributed by atoms with E-state index in [-0.39, 0.29) is 93.6 Å². The second-order valence-electron chi connectivity index (χ2n) is 10.3. The number of methoxy groups -OCH3 is 1. The minimum Gasteiger partial charge on any atom is -0.507 e. The van der Waals surface area contributed by atoms with Crippen LogP contribution in [-0.2, 0) is 26.3 Å². The lowest BCUT2D eigenvalue weighted by molar-refractivity contribution is -0.121. The number of aromatic hydroxyl groups is 2. The minimum atomic E-state index is -1.84. The van der Waals surface area contributed by atoms with Crippen molar-refractivity contribution < 1.29 is 34.0 Å². The third kappa shape index (κ3) is 5.70. The molecule has 2 aliphatic rings. The zero-order valence-electron chi connectivity index (χ0n) is 23.1. The van der Waals surface area contributed by atoms with Gasteiger partial charge in [-0.3, -0.25) is 4.79 Å². The van der Waals surface area contributed by atoms with Crippen molar-refractivity contribution in [3.63, 3.8) is 0 Å². The average Bonchev–Trinajstić information content (AvgIpc) is 3.30. The van der Waals surface area contributed by atoms with Gasteiger partial charge in [0.15, 0.2) is 11.4 Å². The molecule has 1 unspecified atom stereocenters. The molecule has 0 aliphatic carbocycles. The molecule has 8 nitrogen and oxygen atoms in total. The van der Waals surface area contributed by atoms with E-state index in [4.69, 9.17) is 72.2 Å². The number of amides is 1. The average molecular weight is 769 g/mol. The van der Waals surface area contributed by atoms with Gasteiger partial charge in [0, 0.05) is 49.4 Å². The number of halogens is 6. The molecule has 5 rings (SSSR count). The van der Waals surface area contributed by atoms with Gasteiger partial charge >= 0.3 is 5.97 Å². The van der Waals surface area contributed by atoms with E-state index in [1.807, 2.05) is 0 Å². The zero-order chi connectivity index (χ0) is 31.9. The Balaban J connectivity index is 1.56. The number of unbranched alkanes of at least 4 members (excludes halogenated alkanes) is 3. The predicted octanol–water partition coefficient (Wildman–Crippen LogP) is 8.95. The molecule has 1 amide bonds. The number of rotatable bonds is 10. The Morgan fingerprint density at radius 3 is 2.39 bits per heavy atom. The predicted molar refractivity (Wildman–Crippen MR) is 172 cm³/mol. The van der Waals surface area contributed by atoms with Crippen molar-refractivity contribution in [2.24, 2.45) is 0 Å². The topological polar surface area (TPSA) is 114 Å². The number of phenolic OH excluding ortho intramolecular Hbond substituents is 2. The highest BCUT2D eigenvalue weighted by Gasteiger charge is 2.57. The summed E-state index contributed by atoms with van der Waals surface area (Å²) in [5.41, 5.74) is -1.12. The molecule has 0 fully saturated rings. The zero-order valence-corrected chi connectivity index (χ0v) is 28.5. The molecule has 0 saturated carbocycles. The summed E-state index contributed by atoms with van der Waals surface area (Å²) in [4.78, 5) is 26.1. The molecule has 3 N–H and O–H groups in total. The van der Waals surface area contributed by atoms with Crippen LogP contribution in [0.1, 0.15) is 64.7 Å². The van der Waals surface area contributed by atoms with Gasteiger partial charge in [0.25, 0.3) is 0 Å². The van der Waals surface area contributed by atoms with Crippen molar-refractivity contribution in [1.29, 1.82) is 0 Å². The lowest BCUT2D eigenvalue weighted by Gasteiger charge is -2.38. The van der Waals surface area contributed by atoms with Gasteiger partial charge in [-0.05, 0) is 52.9 Å². The fourth-order valence-corrected chi connectivity index (χ4v) is 7.12. The van der Waals surface area contributed by atoms with Crippen LogP contribution in [0.4, 0.5) is 0 Å². The van der Waals surface area contributed by atoms with Crippen LogP contribution in [-0.4, -0.2) is 42.4 Å². The summed E-state index contributed by atoms with van der Waals surface area (Å²) in [6.45, 7) is 1.23. The molecule has 3 aromatic carbocycles. The van der Waals surface area contributed by atoms with Gasteiger partial charge in [-0.15, -0.1) is 0 Å². The molecule has 0 bridgehead atoms. The highest BCUT2D eigenvalue weighted by molar-refractivity contribution is 9.10. The van der Waals surface area contributed by atoms with Gasteiger partial charge in [0.05, 0.1) is 30.1 Å². The number of benzene rings is 3. The number of ether oxygens (including phenoxy) is 3. The number of carbonyl (C=O) groups excluding carboxylic acids is 2. The molecule has 14 heteroatoms. The van der Waals surface area contributed by atoms with Crippen LogP contribution in [0.15, 0.2) is 22.7 Å². The number of carbonyl (C=O) groups is 2. The lowest BCUT2D eigenvalue weighted by Crippen LogP contribution is -2.34. The quantitative estimate of drug-likeness (QED) is 0.0817. The van der Waals surface area contributed by atoms with E-state index >= 15 is 0 Å². The normalized spacial score (nSPS) is 16.3. The van der Waals surface area contributed by atoms with Crippen molar-refractivity contribution >= 4 is 85.8 Å². The maximum atomic E-state index is 13.5. The van der Waals surface area contributed by atoms with Crippen molar-refractivity contribution in [1.82, 2.24) is 5.32 Å². The molecular weight excluding hydrogens is 743 g/mol. The maximum absolute atomic E-state index is 13.5. The summed E-state index contributed by atoms with van der Waals surface area (Å²) in [5.74, 6) is -1.55. The van der Waals surface area contributed by atoms with Crippen molar-refractivity contribution in [2.45, 2.75) is 44.1 Å². The van der Waals surface area contributed by atoms with E-state index in [2.05, 4.69) is 21.2 Å². The highest BCUT2D eigenvalue weighted by Crippen LogP contribution is 2.63. The standard InChI is InChI=1S/C30H25BrCl5NO7/c1-42-9-5-3-2-4-8-37-19(39)7-6-13-10-15-28(26(36)27(13)40)43-18-12-17(38)16(31)11-14(18)30(15)21-20(29(41)44-30)22(32)24(34)25(35)23(21)33/h10-12,38,40H,2-9H2,1H3,(H,37,39). The summed E-state index contributed by atoms with van der Waals surface area (Å²) < 4.78 is 17.5. The number of phenols is 2. The Morgan fingerprint density at radius 1 is 0.955 bits per heavy atom. The highest BCUT2D eigenvalue weighted by atomic mass is 79.9. The number of aryl methyl sites for hydroxylation is 1. The van der Waals surface area contributed by atoms with Gasteiger partial charge in [0.2, 0.25) is 5.91 Å². The van der Waals surface area contributed by atoms with E-state index in [1.165, 1.54) is 12.1 Å². The van der Waals surface area contributed by atoms with Crippen molar-refractivity contribution in [3.8, 4) is 23.0 Å². The van der Waals surface area contributed by atoms with Crippen LogP contribution in [0.5, 0.6) is 23.0 Å². The maximum Gasteiger partial charge on any atom is 0.341 e. The summed E-state index contributed by atoms with van der Waals surface area (Å²) in [5, 5.41) is 23.7. The minimum absolute atomic E-state index is 0.0423. The van der Waals surface area contributed by atoms with E-state index in [0.717, 1.165) is 25.7 Å². The summed E-state index contributed by atoms with van der Waals surface area (Å²) >= 11 is 36.0. The smallest absolute Gasteiger partial charge is 0.341 e. The van der Waals surface area contributed by atoms with Gasteiger partial charge in [-0.1, -0.05) is 70.8 Å². The molecule has 0 saturated heterocycles. The van der Waals surface area contributed by atoms with Gasteiger partial charge in [-0.25, -0.2) is 4.79 Å². The summed E-state index contributed by atoms with van der Waals surface area (Å²) in [6, 6.07) is 4.34. The number of fused-ring (bicyclic) bond motifs is 6. The fourth-order valence-electron chi connectivity index (χ4n) is 5.45. The Labute approximate surface area is 286 Å². The second kappa shape index (κ2) is 13.3. The molecular formula is C30H25BrCl5NO7. The number of hydrogen-bond donors (Lipinski definition) is 3. The van der Waals surface area contributed by atoms with E-state index in [9.17, 15) is 19.8 Å². The van der Waals surface area contributed by atoms with Gasteiger partial charge < -0.3 is 29.7 Å². The largest absolute Gasteiger partial charge is 0.507 e. The second-order valence-corrected chi connectivity index (χ2v) is 13.1. The van der Waals surface area contributed by atoms with E-state index in [1.54, 1.807) is 13.2 Å². The molecule has 2 aliphatic heterocycles. The molecule has 2 heterocycles. The molecule has 0 radical (unpaired) electrons. The Bertz CT molecular complexity index is 1680. The molecule has 234 valence electrons. The molecule has 0 aromatic heterocycles. The lowest BCUT2D eigenvalue weighted by atomic mass is 9.76. The van der Waals surface area contributed by atoms with Gasteiger partial charge in [0.1, 0.15) is 22.3 Å². The molecule has 1 spiro atoms. The summed E-state index contributed by atoms with van der Waals surface area (Å²) in [6.07, 6.45) is 3.90. The third-order valence-electron chi connectivity index (χ3n) is 7.58. The number of esters is 1. The molecule has 44 heavy (non-hydrogen) atoms.